The molecule has 6 heteroatoms. The van der Waals surface area contributed by atoms with Crippen LogP contribution in [0.15, 0.2) is 27.4 Å². The molecule has 1 aromatic carbocycles. The minimum atomic E-state index is -0.611. The molecule has 0 aliphatic rings. The summed E-state index contributed by atoms with van der Waals surface area (Å²) in [5.41, 5.74) is 1.82. The van der Waals surface area contributed by atoms with Crippen molar-refractivity contribution < 1.29 is 9.21 Å². The summed E-state index contributed by atoms with van der Waals surface area (Å²) in [7, 11) is 1.53. The summed E-state index contributed by atoms with van der Waals surface area (Å²) >= 11 is 0. The smallest absolute Gasteiger partial charge is 0.408 e. The van der Waals surface area contributed by atoms with Gasteiger partial charge in [0.1, 0.15) is 0 Å². The number of oxazole rings is 1. The van der Waals surface area contributed by atoms with Gasteiger partial charge in [-0.15, -0.1) is 0 Å². The normalized spacial score (nSPS) is 10.1. The van der Waals surface area contributed by atoms with Gasteiger partial charge >= 0.3 is 11.7 Å². The van der Waals surface area contributed by atoms with Crippen LogP contribution in [0.1, 0.15) is 5.56 Å². The van der Waals surface area contributed by atoms with E-state index in [9.17, 15) is 9.59 Å². The monoisotopic (exact) mass is 231 g/mol. The van der Waals surface area contributed by atoms with Crippen LogP contribution in [0.5, 0.6) is 0 Å². The Bertz CT molecular complexity index is 662. The molecule has 6 nitrogen and oxygen atoms in total. The van der Waals surface area contributed by atoms with E-state index in [2.05, 4.69) is 4.98 Å². The van der Waals surface area contributed by atoms with Crippen molar-refractivity contribution >= 4 is 17.0 Å². The van der Waals surface area contributed by atoms with Crippen LogP contribution < -0.4 is 5.76 Å². The van der Waals surface area contributed by atoms with Gasteiger partial charge in [0.2, 0.25) is 0 Å². The SMILES string of the molecule is CN(Cc1ccc2[nH]c(=O)oc2c1)C(=O)C#N. The van der Waals surface area contributed by atoms with Crippen LogP contribution in [-0.2, 0) is 11.3 Å². The zero-order valence-corrected chi connectivity index (χ0v) is 9.06. The first-order valence-corrected chi connectivity index (χ1v) is 4.87. The molecule has 0 saturated heterocycles. The van der Waals surface area contributed by atoms with Crippen LogP contribution >= 0.6 is 0 Å². The average molecular weight is 231 g/mol. The summed E-state index contributed by atoms with van der Waals surface area (Å²) in [6, 6.07) is 6.65. The summed E-state index contributed by atoms with van der Waals surface area (Å²) < 4.78 is 4.90. The van der Waals surface area contributed by atoms with Crippen molar-refractivity contribution in [3.63, 3.8) is 0 Å². The average Bonchev–Trinajstić information content (AvgIpc) is 2.67. The van der Waals surface area contributed by atoms with Crippen LogP contribution in [0.2, 0.25) is 0 Å². The van der Waals surface area contributed by atoms with E-state index in [4.69, 9.17) is 9.68 Å². The highest BCUT2D eigenvalue weighted by Crippen LogP contribution is 2.13. The molecule has 0 radical (unpaired) electrons. The second-order valence-corrected chi connectivity index (χ2v) is 3.62. The summed E-state index contributed by atoms with van der Waals surface area (Å²) in [5, 5.41) is 8.45. The van der Waals surface area contributed by atoms with Crippen molar-refractivity contribution in [3.05, 3.63) is 34.3 Å². The molecule has 86 valence electrons. The third-order valence-corrected chi connectivity index (χ3v) is 2.35. The number of carbonyl (C=O) groups excluding carboxylic acids is 1. The van der Waals surface area contributed by atoms with Crippen LogP contribution in [0.3, 0.4) is 0 Å². The molecule has 17 heavy (non-hydrogen) atoms. The molecular formula is C11H9N3O3. The predicted molar refractivity (Wildman–Crippen MR) is 58.9 cm³/mol. The van der Waals surface area contributed by atoms with E-state index in [1.807, 2.05) is 0 Å². The van der Waals surface area contributed by atoms with Gasteiger partial charge in [0, 0.05) is 13.6 Å². The van der Waals surface area contributed by atoms with Gasteiger partial charge in [0.25, 0.3) is 0 Å². The van der Waals surface area contributed by atoms with Gasteiger partial charge in [-0.25, -0.2) is 4.79 Å². The molecule has 0 aliphatic carbocycles. The first-order valence-electron chi connectivity index (χ1n) is 4.87. The Morgan fingerprint density at radius 1 is 1.59 bits per heavy atom. The summed E-state index contributed by atoms with van der Waals surface area (Å²) in [6.07, 6.45) is 0. The number of hydrogen-bond donors (Lipinski definition) is 1. The number of amides is 1. The lowest BCUT2D eigenvalue weighted by Gasteiger charge is -2.12. The van der Waals surface area contributed by atoms with Gasteiger partial charge in [0.05, 0.1) is 5.52 Å². The lowest BCUT2D eigenvalue weighted by molar-refractivity contribution is -0.124. The number of nitrogens with one attached hydrogen (secondary N) is 1. The molecule has 0 atom stereocenters. The van der Waals surface area contributed by atoms with E-state index in [0.29, 0.717) is 11.1 Å². The third kappa shape index (κ3) is 2.18. The van der Waals surface area contributed by atoms with Gasteiger partial charge in [-0.05, 0) is 17.7 Å². The predicted octanol–water partition coefficient (Wildman–Crippen LogP) is 0.603. The molecule has 1 amide bonds. The zero-order valence-electron chi connectivity index (χ0n) is 9.06. The molecule has 2 rings (SSSR count). The van der Waals surface area contributed by atoms with E-state index >= 15 is 0 Å². The van der Waals surface area contributed by atoms with Gasteiger partial charge in [0.15, 0.2) is 11.7 Å². The van der Waals surface area contributed by atoms with Crippen LogP contribution in [0, 0.1) is 11.3 Å². The Kier molecular flexibility index (Phi) is 2.66. The maximum absolute atomic E-state index is 11.1. The summed E-state index contributed by atoms with van der Waals surface area (Å²) in [5.74, 6) is -1.13. The topological polar surface area (TPSA) is 90.1 Å². The number of H-pyrrole nitrogens is 1. The molecule has 2 aromatic rings. The molecule has 1 aromatic heterocycles. The Balaban J connectivity index is 2.28. The quantitative estimate of drug-likeness (QED) is 0.766. The summed E-state index contributed by atoms with van der Waals surface area (Å²) in [6.45, 7) is 0.289. The molecule has 0 fully saturated rings. The van der Waals surface area contributed by atoms with Gasteiger partial charge in [-0.1, -0.05) is 6.07 Å². The third-order valence-electron chi connectivity index (χ3n) is 2.35. The van der Waals surface area contributed by atoms with Gasteiger partial charge in [-0.2, -0.15) is 5.26 Å². The highest BCUT2D eigenvalue weighted by Gasteiger charge is 2.09. The molecule has 0 saturated carbocycles. The highest BCUT2D eigenvalue weighted by atomic mass is 16.4. The lowest BCUT2D eigenvalue weighted by atomic mass is 10.2. The van der Waals surface area contributed by atoms with Crippen molar-refractivity contribution in [2.24, 2.45) is 0 Å². The number of aromatic amines is 1. The maximum atomic E-state index is 11.1. The number of nitriles is 1. The molecule has 0 aliphatic heterocycles. The Morgan fingerprint density at radius 2 is 2.35 bits per heavy atom. The van der Waals surface area contributed by atoms with E-state index in [0.717, 1.165) is 5.56 Å². The molecular weight excluding hydrogens is 222 g/mol. The minimum absolute atomic E-state index is 0.289. The van der Waals surface area contributed by atoms with Gasteiger partial charge in [-0.3, -0.25) is 9.78 Å². The van der Waals surface area contributed by atoms with Crippen molar-refractivity contribution in [3.8, 4) is 6.07 Å². The van der Waals surface area contributed by atoms with Crippen LogP contribution in [-0.4, -0.2) is 22.8 Å². The summed E-state index contributed by atoms with van der Waals surface area (Å²) in [4.78, 5) is 25.8. The van der Waals surface area contributed by atoms with Crippen molar-refractivity contribution in [2.45, 2.75) is 6.54 Å². The number of benzene rings is 1. The van der Waals surface area contributed by atoms with Crippen LogP contribution in [0.4, 0.5) is 0 Å². The van der Waals surface area contributed by atoms with Crippen molar-refractivity contribution in [1.29, 1.82) is 5.26 Å². The largest absolute Gasteiger partial charge is 0.417 e. The minimum Gasteiger partial charge on any atom is -0.408 e. The fraction of sp³-hybridized carbons (Fsp3) is 0.182. The zero-order chi connectivity index (χ0) is 12.4. The van der Waals surface area contributed by atoms with Crippen LogP contribution in [0.25, 0.3) is 11.1 Å². The maximum Gasteiger partial charge on any atom is 0.417 e. The van der Waals surface area contributed by atoms with E-state index in [-0.39, 0.29) is 6.54 Å². The molecule has 0 bridgehead atoms. The Hall–Kier alpha value is -2.55. The van der Waals surface area contributed by atoms with E-state index in [1.54, 1.807) is 18.2 Å². The molecule has 1 heterocycles. The second-order valence-electron chi connectivity index (χ2n) is 3.62. The molecule has 0 spiro atoms. The number of fused-ring (bicyclic) bond motifs is 1. The first kappa shape index (κ1) is 11.0. The molecule has 1 N–H and O–H groups in total. The Labute approximate surface area is 96.1 Å². The van der Waals surface area contributed by atoms with E-state index < -0.39 is 11.7 Å². The number of aromatic nitrogens is 1. The number of rotatable bonds is 2. The highest BCUT2D eigenvalue weighted by molar-refractivity contribution is 5.91. The second kappa shape index (κ2) is 4.14. The number of nitrogens with zero attached hydrogens (tertiary/aromatic N) is 2. The van der Waals surface area contributed by atoms with Gasteiger partial charge < -0.3 is 9.32 Å². The van der Waals surface area contributed by atoms with E-state index in [1.165, 1.54) is 18.0 Å². The standard InChI is InChI=1S/C11H9N3O3/c1-14(10(15)5-12)6-7-2-3-8-9(4-7)17-11(16)13-8/h2-4H,6H2,1H3,(H,13,16). The Morgan fingerprint density at radius 3 is 3.06 bits per heavy atom. The van der Waals surface area contributed by atoms with Crippen molar-refractivity contribution in [2.75, 3.05) is 7.05 Å². The fourth-order valence-electron chi connectivity index (χ4n) is 1.52. The number of carbonyl (C=O) groups is 1. The number of hydrogen-bond acceptors (Lipinski definition) is 4. The van der Waals surface area contributed by atoms with Crippen molar-refractivity contribution in [1.82, 2.24) is 9.88 Å². The fourth-order valence-corrected chi connectivity index (χ4v) is 1.52. The molecule has 0 unspecified atom stereocenters. The first-order chi connectivity index (χ1) is 8.10. The lowest BCUT2D eigenvalue weighted by Crippen LogP contribution is -2.24.